The fourth-order valence-electron chi connectivity index (χ4n) is 2.81. The quantitative estimate of drug-likeness (QED) is 0.568. The van der Waals surface area contributed by atoms with Crippen LogP contribution in [-0.4, -0.2) is 12.6 Å². The summed E-state index contributed by atoms with van der Waals surface area (Å²) in [6.07, 6.45) is 11.9. The van der Waals surface area contributed by atoms with Gasteiger partial charge in [-0.15, -0.1) is 6.58 Å². The van der Waals surface area contributed by atoms with E-state index in [1.807, 2.05) is 37.3 Å². The molecule has 0 bridgehead atoms. The standard InChI is InChI=1S/C17H20O2/c1-5-17(4)12(3)13-10-8-7-9-11-14(13)15(17)16(18)19-6-2/h5,7-12H,1,6H2,2-4H3. The molecule has 0 aliphatic heterocycles. The molecule has 2 aliphatic rings. The largest absolute Gasteiger partial charge is 0.463 e. The normalized spacial score (nSPS) is 28.8. The van der Waals surface area contributed by atoms with Crippen LogP contribution in [0.3, 0.4) is 0 Å². The lowest BCUT2D eigenvalue weighted by atomic mass is 9.75. The van der Waals surface area contributed by atoms with Gasteiger partial charge in [-0.2, -0.15) is 0 Å². The first-order valence-electron chi connectivity index (χ1n) is 6.67. The number of hydrogen-bond acceptors (Lipinski definition) is 2. The molecule has 0 aromatic heterocycles. The predicted octanol–water partition coefficient (Wildman–Crippen LogP) is 3.74. The molecule has 0 fully saturated rings. The number of allylic oxidation sites excluding steroid dienone is 8. The minimum atomic E-state index is -0.372. The van der Waals surface area contributed by atoms with Crippen molar-refractivity contribution in [2.24, 2.45) is 11.3 Å². The minimum absolute atomic E-state index is 0.215. The van der Waals surface area contributed by atoms with Gasteiger partial charge in [0.05, 0.1) is 12.2 Å². The SMILES string of the molecule is C=CC1(C)C(C(=O)OCC)=C2C=CC=CC=C2C1C. The molecule has 0 heterocycles. The zero-order valence-corrected chi connectivity index (χ0v) is 11.8. The smallest absolute Gasteiger partial charge is 0.335 e. The molecular formula is C17H20O2. The maximum absolute atomic E-state index is 12.3. The second-order valence-corrected chi connectivity index (χ2v) is 5.08. The molecule has 0 aromatic rings. The minimum Gasteiger partial charge on any atom is -0.463 e. The van der Waals surface area contributed by atoms with Gasteiger partial charge in [-0.1, -0.05) is 50.3 Å². The molecule has 2 heteroatoms. The van der Waals surface area contributed by atoms with Gasteiger partial charge in [0.15, 0.2) is 0 Å². The number of esters is 1. The van der Waals surface area contributed by atoms with Crippen LogP contribution in [0, 0.1) is 11.3 Å². The number of ether oxygens (including phenoxy) is 1. The van der Waals surface area contributed by atoms with Crippen molar-refractivity contribution in [3.8, 4) is 0 Å². The van der Waals surface area contributed by atoms with Crippen LogP contribution in [0.5, 0.6) is 0 Å². The van der Waals surface area contributed by atoms with Gasteiger partial charge in [-0.3, -0.25) is 0 Å². The van der Waals surface area contributed by atoms with Crippen molar-refractivity contribution in [1.29, 1.82) is 0 Å². The van der Waals surface area contributed by atoms with E-state index in [2.05, 4.69) is 26.5 Å². The van der Waals surface area contributed by atoms with Crippen molar-refractivity contribution in [3.63, 3.8) is 0 Å². The van der Waals surface area contributed by atoms with E-state index in [1.54, 1.807) is 0 Å². The molecular weight excluding hydrogens is 236 g/mol. The Hall–Kier alpha value is -1.83. The predicted molar refractivity (Wildman–Crippen MR) is 77.5 cm³/mol. The molecule has 0 amide bonds. The average molecular weight is 256 g/mol. The number of rotatable bonds is 3. The Kier molecular flexibility index (Phi) is 3.61. The summed E-state index contributed by atoms with van der Waals surface area (Å²) in [7, 11) is 0. The third kappa shape index (κ3) is 2.01. The van der Waals surface area contributed by atoms with Gasteiger partial charge >= 0.3 is 5.97 Å². The van der Waals surface area contributed by atoms with Crippen molar-refractivity contribution in [1.82, 2.24) is 0 Å². The third-order valence-corrected chi connectivity index (χ3v) is 4.15. The maximum atomic E-state index is 12.3. The summed E-state index contributed by atoms with van der Waals surface area (Å²) in [5.41, 5.74) is 2.51. The Morgan fingerprint density at radius 3 is 2.84 bits per heavy atom. The Morgan fingerprint density at radius 2 is 2.21 bits per heavy atom. The average Bonchev–Trinajstić information content (AvgIpc) is 2.57. The van der Waals surface area contributed by atoms with Crippen molar-refractivity contribution < 1.29 is 9.53 Å². The van der Waals surface area contributed by atoms with Crippen molar-refractivity contribution in [3.05, 3.63) is 59.8 Å². The van der Waals surface area contributed by atoms with Gasteiger partial charge in [-0.25, -0.2) is 4.79 Å². The molecule has 0 saturated heterocycles. The lowest BCUT2D eigenvalue weighted by Gasteiger charge is -2.28. The summed E-state index contributed by atoms with van der Waals surface area (Å²) >= 11 is 0. The van der Waals surface area contributed by atoms with Crippen LogP contribution in [-0.2, 0) is 9.53 Å². The molecule has 2 unspecified atom stereocenters. The Balaban J connectivity index is 2.63. The van der Waals surface area contributed by atoms with Gasteiger partial charge < -0.3 is 4.74 Å². The highest BCUT2D eigenvalue weighted by atomic mass is 16.5. The van der Waals surface area contributed by atoms with E-state index >= 15 is 0 Å². The van der Waals surface area contributed by atoms with Gasteiger partial charge in [0.1, 0.15) is 0 Å². The van der Waals surface area contributed by atoms with Gasteiger partial charge in [0.25, 0.3) is 0 Å². The van der Waals surface area contributed by atoms with E-state index in [1.165, 1.54) is 5.57 Å². The Labute approximate surface area is 114 Å². The number of fused-ring (bicyclic) bond motifs is 1. The molecule has 0 saturated carbocycles. The Morgan fingerprint density at radius 1 is 1.47 bits per heavy atom. The molecule has 2 aliphatic carbocycles. The van der Waals surface area contributed by atoms with Crippen LogP contribution in [0.4, 0.5) is 0 Å². The summed E-state index contributed by atoms with van der Waals surface area (Å²) in [5, 5.41) is 0. The highest BCUT2D eigenvalue weighted by Crippen LogP contribution is 2.52. The summed E-state index contributed by atoms with van der Waals surface area (Å²) in [6.45, 7) is 10.3. The van der Waals surface area contributed by atoms with Crippen LogP contribution in [0.1, 0.15) is 20.8 Å². The molecule has 0 N–H and O–H groups in total. The van der Waals surface area contributed by atoms with Gasteiger partial charge in [0.2, 0.25) is 0 Å². The van der Waals surface area contributed by atoms with Crippen LogP contribution >= 0.6 is 0 Å². The highest BCUT2D eigenvalue weighted by molar-refractivity contribution is 5.95. The van der Waals surface area contributed by atoms with Gasteiger partial charge in [0, 0.05) is 5.41 Å². The monoisotopic (exact) mass is 256 g/mol. The number of carbonyl (C=O) groups is 1. The zero-order chi connectivity index (χ0) is 14.0. The van der Waals surface area contributed by atoms with Crippen molar-refractivity contribution >= 4 is 5.97 Å². The van der Waals surface area contributed by atoms with E-state index in [9.17, 15) is 4.79 Å². The first-order valence-corrected chi connectivity index (χ1v) is 6.67. The first-order chi connectivity index (χ1) is 9.06. The molecule has 0 spiro atoms. The highest BCUT2D eigenvalue weighted by Gasteiger charge is 2.46. The summed E-state index contributed by atoms with van der Waals surface area (Å²) in [4.78, 5) is 12.3. The summed E-state index contributed by atoms with van der Waals surface area (Å²) < 4.78 is 5.24. The number of hydrogen-bond donors (Lipinski definition) is 0. The van der Waals surface area contributed by atoms with Gasteiger partial charge in [-0.05, 0) is 24.0 Å². The summed E-state index contributed by atoms with van der Waals surface area (Å²) in [5.74, 6) is -0.0199. The molecule has 100 valence electrons. The van der Waals surface area contributed by atoms with E-state index in [-0.39, 0.29) is 17.3 Å². The molecule has 2 rings (SSSR count). The van der Waals surface area contributed by atoms with Crippen LogP contribution in [0.2, 0.25) is 0 Å². The Bertz CT molecular complexity index is 531. The first kappa shape index (κ1) is 13.6. The van der Waals surface area contributed by atoms with Crippen LogP contribution in [0.15, 0.2) is 59.8 Å². The number of carbonyl (C=O) groups excluding carboxylic acids is 1. The fourth-order valence-corrected chi connectivity index (χ4v) is 2.81. The lowest BCUT2D eigenvalue weighted by Crippen LogP contribution is -2.26. The van der Waals surface area contributed by atoms with E-state index in [0.717, 1.165) is 11.1 Å². The lowest BCUT2D eigenvalue weighted by molar-refractivity contribution is -0.139. The zero-order valence-electron chi connectivity index (χ0n) is 11.8. The molecule has 2 nitrogen and oxygen atoms in total. The molecule has 19 heavy (non-hydrogen) atoms. The maximum Gasteiger partial charge on any atom is 0.335 e. The van der Waals surface area contributed by atoms with Crippen molar-refractivity contribution in [2.45, 2.75) is 20.8 Å². The fraction of sp³-hybridized carbons (Fsp3) is 0.353. The van der Waals surface area contributed by atoms with Crippen LogP contribution < -0.4 is 0 Å². The van der Waals surface area contributed by atoms with Crippen LogP contribution in [0.25, 0.3) is 0 Å². The van der Waals surface area contributed by atoms with Crippen molar-refractivity contribution in [2.75, 3.05) is 6.61 Å². The second kappa shape index (κ2) is 5.04. The third-order valence-electron chi connectivity index (χ3n) is 4.15. The van der Waals surface area contributed by atoms with E-state index < -0.39 is 0 Å². The topological polar surface area (TPSA) is 26.3 Å². The van der Waals surface area contributed by atoms with E-state index in [0.29, 0.717) is 6.61 Å². The molecule has 2 atom stereocenters. The molecule has 0 radical (unpaired) electrons. The second-order valence-electron chi connectivity index (χ2n) is 5.08. The summed E-state index contributed by atoms with van der Waals surface area (Å²) in [6, 6.07) is 0. The van der Waals surface area contributed by atoms with E-state index in [4.69, 9.17) is 4.74 Å². The molecule has 0 aromatic carbocycles.